The molecule has 1 amide bonds. The lowest BCUT2D eigenvalue weighted by molar-refractivity contribution is -0.123. The fraction of sp³-hybridized carbons (Fsp3) is 0.917. The Balaban J connectivity index is 2.18. The zero-order valence-corrected chi connectivity index (χ0v) is 10.6. The molecule has 0 heterocycles. The summed E-state index contributed by atoms with van der Waals surface area (Å²) in [6.45, 7) is 2.63. The zero-order valence-electron chi connectivity index (χ0n) is 10.6. The molecule has 1 aliphatic carbocycles. The highest BCUT2D eigenvalue weighted by Gasteiger charge is 2.24. The van der Waals surface area contributed by atoms with Crippen LogP contribution in [-0.2, 0) is 4.79 Å². The topological polar surface area (TPSA) is 52.6 Å². The maximum absolute atomic E-state index is 11.5. The molecule has 0 aromatic rings. The van der Waals surface area contributed by atoms with Crippen LogP contribution in [0, 0.1) is 5.92 Å². The van der Waals surface area contributed by atoms with Crippen molar-refractivity contribution >= 4 is 5.91 Å². The predicted octanol–water partition coefficient (Wildman–Crippen LogP) is 0.605. The average molecular weight is 228 g/mol. The van der Waals surface area contributed by atoms with Crippen molar-refractivity contribution in [1.29, 1.82) is 0 Å². The van der Waals surface area contributed by atoms with E-state index in [1.807, 2.05) is 19.0 Å². The van der Waals surface area contributed by atoms with E-state index >= 15 is 0 Å². The smallest absolute Gasteiger partial charge is 0.220 e. The number of carbonyl (C=O) groups is 1. The predicted molar refractivity (Wildman–Crippen MR) is 64.1 cm³/mol. The third-order valence-electron chi connectivity index (χ3n) is 3.02. The molecule has 94 valence electrons. The summed E-state index contributed by atoms with van der Waals surface area (Å²) in [5, 5.41) is 12.8. The van der Waals surface area contributed by atoms with E-state index in [1.165, 1.54) is 19.3 Å². The molecule has 2 N–H and O–H groups in total. The number of hydrogen-bond donors (Lipinski definition) is 2. The highest BCUT2D eigenvalue weighted by Crippen LogP contribution is 2.29. The van der Waals surface area contributed by atoms with Gasteiger partial charge in [0.1, 0.15) is 0 Å². The molecule has 1 saturated carbocycles. The molecular weight excluding hydrogens is 204 g/mol. The lowest BCUT2D eigenvalue weighted by Gasteiger charge is -2.28. The molecule has 1 aliphatic rings. The van der Waals surface area contributed by atoms with Crippen molar-refractivity contribution in [3.8, 4) is 0 Å². The first-order valence-corrected chi connectivity index (χ1v) is 6.03. The second-order valence-electron chi connectivity index (χ2n) is 5.51. The minimum Gasteiger partial charge on any atom is -0.387 e. The SMILES string of the molecule is CN(C)CC(C)(O)CNC(=O)CC1CCC1. The van der Waals surface area contributed by atoms with Gasteiger partial charge < -0.3 is 15.3 Å². The van der Waals surface area contributed by atoms with E-state index in [0.29, 0.717) is 25.4 Å². The lowest BCUT2D eigenvalue weighted by Crippen LogP contribution is -2.47. The molecule has 0 aromatic heterocycles. The first kappa shape index (κ1) is 13.5. The van der Waals surface area contributed by atoms with E-state index in [2.05, 4.69) is 5.32 Å². The Morgan fingerprint density at radius 1 is 1.50 bits per heavy atom. The van der Waals surface area contributed by atoms with Gasteiger partial charge >= 0.3 is 0 Å². The summed E-state index contributed by atoms with van der Waals surface area (Å²) in [7, 11) is 3.81. The van der Waals surface area contributed by atoms with Gasteiger partial charge in [-0.25, -0.2) is 0 Å². The van der Waals surface area contributed by atoms with Crippen LogP contribution in [0.25, 0.3) is 0 Å². The van der Waals surface area contributed by atoms with Gasteiger partial charge in [-0.1, -0.05) is 6.42 Å². The fourth-order valence-corrected chi connectivity index (χ4v) is 2.06. The Morgan fingerprint density at radius 2 is 2.12 bits per heavy atom. The molecule has 16 heavy (non-hydrogen) atoms. The van der Waals surface area contributed by atoms with E-state index in [9.17, 15) is 9.90 Å². The molecule has 4 heteroatoms. The number of likely N-dealkylation sites (N-methyl/N-ethyl adjacent to an activating group) is 1. The molecule has 4 nitrogen and oxygen atoms in total. The summed E-state index contributed by atoms with van der Waals surface area (Å²) in [5.74, 6) is 0.655. The molecule has 1 rings (SSSR count). The first-order chi connectivity index (χ1) is 7.39. The molecule has 0 spiro atoms. The maximum atomic E-state index is 11.5. The van der Waals surface area contributed by atoms with Crippen molar-refractivity contribution in [2.45, 2.75) is 38.2 Å². The normalized spacial score (nSPS) is 20.3. The van der Waals surface area contributed by atoms with Gasteiger partial charge in [-0.2, -0.15) is 0 Å². The second kappa shape index (κ2) is 5.64. The van der Waals surface area contributed by atoms with Crippen LogP contribution in [0.2, 0.25) is 0 Å². The molecular formula is C12H24N2O2. The Labute approximate surface area is 98.0 Å². The fourth-order valence-electron chi connectivity index (χ4n) is 2.06. The Kier molecular flexibility index (Phi) is 4.74. The molecule has 1 atom stereocenters. The standard InChI is InChI=1S/C12H24N2O2/c1-12(16,9-14(2)3)8-13-11(15)7-10-5-4-6-10/h10,16H,4-9H2,1-3H3,(H,13,15). The first-order valence-electron chi connectivity index (χ1n) is 6.03. The van der Waals surface area contributed by atoms with Crippen LogP contribution in [0.5, 0.6) is 0 Å². The molecule has 1 unspecified atom stereocenters. The van der Waals surface area contributed by atoms with Crippen molar-refractivity contribution in [1.82, 2.24) is 10.2 Å². The molecule has 0 radical (unpaired) electrons. The van der Waals surface area contributed by atoms with Crippen molar-refractivity contribution < 1.29 is 9.90 Å². The summed E-state index contributed by atoms with van der Waals surface area (Å²) >= 11 is 0. The second-order valence-corrected chi connectivity index (χ2v) is 5.51. The van der Waals surface area contributed by atoms with Crippen LogP contribution in [0.15, 0.2) is 0 Å². The highest BCUT2D eigenvalue weighted by molar-refractivity contribution is 5.76. The van der Waals surface area contributed by atoms with Gasteiger partial charge in [0.05, 0.1) is 5.60 Å². The van der Waals surface area contributed by atoms with Crippen LogP contribution >= 0.6 is 0 Å². The van der Waals surface area contributed by atoms with Crippen LogP contribution in [0.1, 0.15) is 32.6 Å². The molecule has 0 aliphatic heterocycles. The lowest BCUT2D eigenvalue weighted by atomic mass is 9.83. The quantitative estimate of drug-likeness (QED) is 0.700. The number of amides is 1. The number of nitrogens with one attached hydrogen (secondary N) is 1. The number of hydrogen-bond acceptors (Lipinski definition) is 3. The van der Waals surface area contributed by atoms with Gasteiger partial charge in [0.25, 0.3) is 0 Å². The number of rotatable bonds is 6. The minimum absolute atomic E-state index is 0.0729. The van der Waals surface area contributed by atoms with Crippen LogP contribution in [0.4, 0.5) is 0 Å². The molecule has 0 bridgehead atoms. The van der Waals surface area contributed by atoms with Gasteiger partial charge in [-0.3, -0.25) is 4.79 Å². The van der Waals surface area contributed by atoms with Crippen molar-refractivity contribution in [3.63, 3.8) is 0 Å². The van der Waals surface area contributed by atoms with E-state index in [4.69, 9.17) is 0 Å². The minimum atomic E-state index is -0.848. The Morgan fingerprint density at radius 3 is 2.56 bits per heavy atom. The van der Waals surface area contributed by atoms with Gasteiger partial charge in [0, 0.05) is 19.5 Å². The molecule has 1 fully saturated rings. The van der Waals surface area contributed by atoms with Crippen molar-refractivity contribution in [2.75, 3.05) is 27.2 Å². The molecule has 0 saturated heterocycles. The Hall–Kier alpha value is -0.610. The van der Waals surface area contributed by atoms with Gasteiger partial charge in [-0.05, 0) is 39.8 Å². The zero-order chi connectivity index (χ0) is 12.2. The Bertz CT molecular complexity index is 235. The number of aliphatic hydroxyl groups is 1. The van der Waals surface area contributed by atoms with Crippen LogP contribution in [0.3, 0.4) is 0 Å². The summed E-state index contributed by atoms with van der Waals surface area (Å²) < 4.78 is 0. The van der Waals surface area contributed by atoms with Crippen molar-refractivity contribution in [3.05, 3.63) is 0 Å². The summed E-state index contributed by atoms with van der Waals surface area (Å²) in [5.41, 5.74) is -0.848. The third kappa shape index (κ3) is 4.94. The number of nitrogens with zero attached hydrogens (tertiary/aromatic N) is 1. The maximum Gasteiger partial charge on any atom is 0.220 e. The summed E-state index contributed by atoms with van der Waals surface area (Å²) in [6, 6.07) is 0. The van der Waals surface area contributed by atoms with E-state index < -0.39 is 5.60 Å². The van der Waals surface area contributed by atoms with E-state index in [1.54, 1.807) is 6.92 Å². The average Bonchev–Trinajstić information content (AvgIpc) is 2.06. The van der Waals surface area contributed by atoms with Crippen LogP contribution in [-0.4, -0.2) is 48.7 Å². The van der Waals surface area contributed by atoms with Crippen LogP contribution < -0.4 is 5.32 Å². The summed E-state index contributed by atoms with van der Waals surface area (Å²) in [6.07, 6.45) is 4.25. The van der Waals surface area contributed by atoms with Gasteiger partial charge in [0.2, 0.25) is 5.91 Å². The monoisotopic (exact) mass is 228 g/mol. The van der Waals surface area contributed by atoms with Crippen molar-refractivity contribution in [2.24, 2.45) is 5.92 Å². The van der Waals surface area contributed by atoms with E-state index in [0.717, 1.165) is 0 Å². The van der Waals surface area contributed by atoms with Gasteiger partial charge in [-0.15, -0.1) is 0 Å². The third-order valence-corrected chi connectivity index (χ3v) is 3.02. The summed E-state index contributed by atoms with van der Waals surface area (Å²) in [4.78, 5) is 13.5. The highest BCUT2D eigenvalue weighted by atomic mass is 16.3. The van der Waals surface area contributed by atoms with E-state index in [-0.39, 0.29) is 5.91 Å². The van der Waals surface area contributed by atoms with Gasteiger partial charge in [0.15, 0.2) is 0 Å². The largest absolute Gasteiger partial charge is 0.387 e. The number of carbonyl (C=O) groups excluding carboxylic acids is 1. The molecule has 0 aromatic carbocycles.